The average molecular weight is 418 g/mol. The van der Waals surface area contributed by atoms with Gasteiger partial charge in [-0.3, -0.25) is 19.8 Å². The Balaban J connectivity index is 1.46. The maximum absolute atomic E-state index is 12.4. The number of benzene rings is 1. The largest absolute Gasteiger partial charge is 0.454 e. The molecule has 3 N–H and O–H groups in total. The van der Waals surface area contributed by atoms with E-state index < -0.39 is 11.9 Å². The summed E-state index contributed by atoms with van der Waals surface area (Å²) >= 11 is 0. The monoisotopic (exact) mass is 418 g/mol. The Kier molecular flexibility index (Phi) is 7.51. The molecular formula is C21H30N4O5. The predicted octanol–water partition coefficient (Wildman–Crippen LogP) is 2.08. The Morgan fingerprint density at radius 2 is 1.97 bits per heavy atom. The third-order valence-corrected chi connectivity index (χ3v) is 5.44. The van der Waals surface area contributed by atoms with E-state index in [1.54, 1.807) is 18.2 Å². The van der Waals surface area contributed by atoms with Crippen molar-refractivity contribution in [3.05, 3.63) is 18.2 Å². The average Bonchev–Trinajstić information content (AvgIpc) is 3.17. The quantitative estimate of drug-likeness (QED) is 0.585. The topological polar surface area (TPSA) is 109 Å². The molecular weight excluding hydrogens is 388 g/mol. The molecule has 0 aromatic heterocycles. The van der Waals surface area contributed by atoms with Crippen LogP contribution in [0, 0.1) is 5.92 Å². The Hall–Kier alpha value is -2.81. The molecule has 2 heterocycles. The first-order chi connectivity index (χ1) is 14.5. The molecule has 0 radical (unpaired) electrons. The smallest absolute Gasteiger partial charge is 0.325 e. The molecule has 2 atom stereocenters. The molecule has 30 heavy (non-hydrogen) atoms. The number of nitrogens with one attached hydrogen (secondary N) is 3. The van der Waals surface area contributed by atoms with E-state index in [2.05, 4.69) is 22.9 Å². The fourth-order valence-corrected chi connectivity index (χ4v) is 3.63. The molecule has 0 bridgehead atoms. The molecule has 2 aliphatic rings. The third kappa shape index (κ3) is 5.85. The molecule has 1 fully saturated rings. The lowest BCUT2D eigenvalue weighted by atomic mass is 9.92. The molecule has 1 aromatic rings. The van der Waals surface area contributed by atoms with Crippen molar-refractivity contribution in [3.63, 3.8) is 0 Å². The molecule has 3 rings (SSSR count). The zero-order valence-corrected chi connectivity index (χ0v) is 17.5. The van der Waals surface area contributed by atoms with Gasteiger partial charge in [0.15, 0.2) is 11.5 Å². The van der Waals surface area contributed by atoms with E-state index in [1.807, 2.05) is 11.8 Å². The van der Waals surface area contributed by atoms with Crippen molar-refractivity contribution in [2.75, 3.05) is 31.7 Å². The van der Waals surface area contributed by atoms with Gasteiger partial charge in [-0.05, 0) is 38.3 Å². The number of anilines is 1. The van der Waals surface area contributed by atoms with Crippen LogP contribution >= 0.6 is 0 Å². The SMILES string of the molecule is CCCCNC(=O)C1CCC(C)N(CC(=O)NC(=O)Nc2ccc3c(c2)OCO3)C1. The first kappa shape index (κ1) is 21.9. The van der Waals surface area contributed by atoms with E-state index in [9.17, 15) is 14.4 Å². The lowest BCUT2D eigenvalue weighted by Crippen LogP contribution is -2.51. The number of likely N-dealkylation sites (tertiary alicyclic amines) is 1. The summed E-state index contributed by atoms with van der Waals surface area (Å²) in [5.41, 5.74) is 0.500. The Morgan fingerprint density at radius 3 is 2.77 bits per heavy atom. The highest BCUT2D eigenvalue weighted by Gasteiger charge is 2.31. The van der Waals surface area contributed by atoms with Crippen molar-refractivity contribution in [1.29, 1.82) is 0 Å². The molecule has 0 saturated carbocycles. The summed E-state index contributed by atoms with van der Waals surface area (Å²) in [5, 5.41) is 7.93. The van der Waals surface area contributed by atoms with Gasteiger partial charge in [-0.1, -0.05) is 13.3 Å². The Morgan fingerprint density at radius 1 is 1.17 bits per heavy atom. The van der Waals surface area contributed by atoms with Crippen LogP contribution in [0.1, 0.15) is 39.5 Å². The molecule has 0 spiro atoms. The molecule has 1 aromatic carbocycles. The number of fused-ring (bicyclic) bond motifs is 1. The van der Waals surface area contributed by atoms with Gasteiger partial charge in [0, 0.05) is 30.9 Å². The molecule has 1 saturated heterocycles. The van der Waals surface area contributed by atoms with Crippen LogP contribution in [0.15, 0.2) is 18.2 Å². The molecule has 0 aliphatic carbocycles. The highest BCUT2D eigenvalue weighted by atomic mass is 16.7. The summed E-state index contributed by atoms with van der Waals surface area (Å²) in [4.78, 5) is 38.8. The number of hydrogen-bond acceptors (Lipinski definition) is 6. The van der Waals surface area contributed by atoms with Gasteiger partial charge in [0.1, 0.15) is 0 Å². The van der Waals surface area contributed by atoms with Gasteiger partial charge in [0.05, 0.1) is 12.5 Å². The van der Waals surface area contributed by atoms with Crippen molar-refractivity contribution < 1.29 is 23.9 Å². The van der Waals surface area contributed by atoms with Crippen LogP contribution in [0.4, 0.5) is 10.5 Å². The van der Waals surface area contributed by atoms with Crippen molar-refractivity contribution in [2.45, 2.75) is 45.6 Å². The van der Waals surface area contributed by atoms with Crippen LogP contribution in [0.25, 0.3) is 0 Å². The first-order valence-corrected chi connectivity index (χ1v) is 10.5. The molecule has 9 nitrogen and oxygen atoms in total. The lowest BCUT2D eigenvalue weighted by molar-refractivity contribution is -0.129. The van der Waals surface area contributed by atoms with E-state index in [0.29, 0.717) is 30.3 Å². The van der Waals surface area contributed by atoms with Gasteiger partial charge in [0.2, 0.25) is 18.6 Å². The predicted molar refractivity (Wildman–Crippen MR) is 111 cm³/mol. The summed E-state index contributed by atoms with van der Waals surface area (Å²) in [6, 6.07) is 4.57. The number of carbonyl (C=O) groups excluding carboxylic acids is 3. The molecule has 2 unspecified atom stereocenters. The van der Waals surface area contributed by atoms with Crippen molar-refractivity contribution in [3.8, 4) is 11.5 Å². The van der Waals surface area contributed by atoms with Gasteiger partial charge in [0.25, 0.3) is 0 Å². The fraction of sp³-hybridized carbons (Fsp3) is 0.571. The van der Waals surface area contributed by atoms with Crippen molar-refractivity contribution in [1.82, 2.24) is 15.5 Å². The van der Waals surface area contributed by atoms with Crippen molar-refractivity contribution in [2.24, 2.45) is 5.92 Å². The summed E-state index contributed by atoms with van der Waals surface area (Å²) in [6.45, 7) is 5.52. The van der Waals surface area contributed by atoms with Gasteiger partial charge in [-0.2, -0.15) is 0 Å². The zero-order chi connectivity index (χ0) is 21.5. The minimum atomic E-state index is -0.614. The summed E-state index contributed by atoms with van der Waals surface area (Å²) in [6.07, 6.45) is 3.63. The Bertz CT molecular complexity index is 785. The molecule has 9 heteroatoms. The lowest BCUT2D eigenvalue weighted by Gasteiger charge is -2.36. The van der Waals surface area contributed by atoms with E-state index >= 15 is 0 Å². The van der Waals surface area contributed by atoms with E-state index in [-0.39, 0.29) is 31.2 Å². The maximum Gasteiger partial charge on any atom is 0.325 e. The highest BCUT2D eigenvalue weighted by Crippen LogP contribution is 2.34. The normalized spacial score (nSPS) is 20.5. The number of rotatable bonds is 7. The second kappa shape index (κ2) is 10.3. The van der Waals surface area contributed by atoms with E-state index in [4.69, 9.17) is 9.47 Å². The van der Waals surface area contributed by atoms with Crippen LogP contribution in [0.3, 0.4) is 0 Å². The fourth-order valence-electron chi connectivity index (χ4n) is 3.63. The minimum Gasteiger partial charge on any atom is -0.454 e. The number of nitrogens with zero attached hydrogens (tertiary/aromatic N) is 1. The number of imide groups is 1. The Labute approximate surface area is 176 Å². The maximum atomic E-state index is 12.4. The molecule has 4 amide bonds. The number of ether oxygens (including phenoxy) is 2. The van der Waals surface area contributed by atoms with Crippen LogP contribution < -0.4 is 25.4 Å². The minimum absolute atomic E-state index is 0.0429. The third-order valence-electron chi connectivity index (χ3n) is 5.44. The second-order valence-corrected chi connectivity index (χ2v) is 7.77. The number of amides is 4. The van der Waals surface area contributed by atoms with Gasteiger partial charge >= 0.3 is 6.03 Å². The number of carbonyl (C=O) groups is 3. The molecule has 2 aliphatic heterocycles. The highest BCUT2D eigenvalue weighted by molar-refractivity contribution is 6.01. The summed E-state index contributed by atoms with van der Waals surface area (Å²) in [5.74, 6) is 0.663. The first-order valence-electron chi connectivity index (χ1n) is 10.5. The van der Waals surface area contributed by atoms with Crippen LogP contribution in [0.2, 0.25) is 0 Å². The summed E-state index contributed by atoms with van der Waals surface area (Å²) < 4.78 is 10.5. The van der Waals surface area contributed by atoms with E-state index in [0.717, 1.165) is 25.7 Å². The van der Waals surface area contributed by atoms with Gasteiger partial charge in [-0.25, -0.2) is 4.79 Å². The van der Waals surface area contributed by atoms with Gasteiger partial charge < -0.3 is 20.1 Å². The van der Waals surface area contributed by atoms with E-state index in [1.165, 1.54) is 0 Å². The van der Waals surface area contributed by atoms with Crippen LogP contribution in [0.5, 0.6) is 11.5 Å². The number of piperidine rings is 1. The van der Waals surface area contributed by atoms with Crippen LogP contribution in [-0.2, 0) is 9.59 Å². The van der Waals surface area contributed by atoms with Gasteiger partial charge in [-0.15, -0.1) is 0 Å². The number of hydrogen-bond donors (Lipinski definition) is 3. The second-order valence-electron chi connectivity index (χ2n) is 7.77. The zero-order valence-electron chi connectivity index (χ0n) is 17.5. The standard InChI is InChI=1S/C21H30N4O5/c1-3-4-9-22-20(27)15-6-5-14(2)25(11-15)12-19(26)24-21(28)23-16-7-8-17-18(10-16)30-13-29-17/h7-8,10,14-15H,3-6,9,11-13H2,1-2H3,(H,22,27)(H2,23,24,26,28). The summed E-state index contributed by atoms with van der Waals surface area (Å²) in [7, 11) is 0. The molecule has 164 valence electrons. The van der Waals surface area contributed by atoms with Crippen LogP contribution in [-0.4, -0.2) is 55.2 Å². The number of urea groups is 1. The number of unbranched alkanes of at least 4 members (excludes halogenated alkanes) is 1. The van der Waals surface area contributed by atoms with Crippen molar-refractivity contribution >= 4 is 23.5 Å².